The van der Waals surface area contributed by atoms with E-state index in [1.54, 1.807) is 43.3 Å². The van der Waals surface area contributed by atoms with Crippen molar-refractivity contribution in [2.24, 2.45) is 0 Å². The standard InChI is InChI=1S/C22H28N2O4S/c1-17(22(25)23-18-9-5-3-6-10-18)28-20-13-15-21(16-14-20)29(26,27)24(2)19-11-7-4-8-12-19/h4,7-8,11-18H,3,5-6,9-10H2,1-2H3,(H,23,25). The summed E-state index contributed by atoms with van der Waals surface area (Å²) in [5.41, 5.74) is 0.584. The second-order valence-corrected chi connectivity index (χ2v) is 9.35. The molecular weight excluding hydrogens is 388 g/mol. The van der Waals surface area contributed by atoms with Gasteiger partial charge in [-0.15, -0.1) is 0 Å². The molecule has 1 saturated carbocycles. The number of nitrogens with one attached hydrogen (secondary N) is 1. The molecule has 0 radical (unpaired) electrons. The van der Waals surface area contributed by atoms with Crippen LogP contribution in [0.2, 0.25) is 0 Å². The second kappa shape index (κ2) is 9.31. The number of rotatable bonds is 7. The molecule has 2 aromatic carbocycles. The largest absolute Gasteiger partial charge is 0.481 e. The topological polar surface area (TPSA) is 75.7 Å². The third-order valence-corrected chi connectivity index (χ3v) is 7.04. The molecule has 1 atom stereocenters. The number of nitrogens with zero attached hydrogens (tertiary/aromatic N) is 1. The summed E-state index contributed by atoms with van der Waals surface area (Å²) in [5.74, 6) is 0.315. The second-order valence-electron chi connectivity index (χ2n) is 7.38. The van der Waals surface area contributed by atoms with Crippen molar-refractivity contribution >= 4 is 21.6 Å². The molecule has 0 spiro atoms. The van der Waals surface area contributed by atoms with Crippen LogP contribution in [-0.4, -0.2) is 33.5 Å². The molecule has 1 aliphatic rings. The van der Waals surface area contributed by atoms with E-state index in [-0.39, 0.29) is 16.8 Å². The minimum Gasteiger partial charge on any atom is -0.481 e. The summed E-state index contributed by atoms with van der Waals surface area (Å²) < 4.78 is 32.6. The number of carbonyl (C=O) groups excluding carboxylic acids is 1. The quantitative estimate of drug-likeness (QED) is 0.746. The smallest absolute Gasteiger partial charge is 0.264 e. The van der Waals surface area contributed by atoms with E-state index in [0.29, 0.717) is 11.4 Å². The van der Waals surface area contributed by atoms with Gasteiger partial charge in [0, 0.05) is 13.1 Å². The van der Waals surface area contributed by atoms with E-state index in [2.05, 4.69) is 5.32 Å². The fourth-order valence-electron chi connectivity index (χ4n) is 3.45. The Balaban J connectivity index is 1.62. The van der Waals surface area contributed by atoms with Gasteiger partial charge in [-0.2, -0.15) is 0 Å². The van der Waals surface area contributed by atoms with E-state index < -0.39 is 16.1 Å². The SMILES string of the molecule is CC(Oc1ccc(S(=O)(=O)N(C)c2ccccc2)cc1)C(=O)NC1CCCCC1. The molecule has 1 fully saturated rings. The molecule has 0 bridgehead atoms. The molecule has 1 amide bonds. The van der Waals surface area contributed by atoms with E-state index in [1.807, 2.05) is 6.07 Å². The first-order valence-electron chi connectivity index (χ1n) is 9.99. The molecule has 1 N–H and O–H groups in total. The van der Waals surface area contributed by atoms with Crippen LogP contribution in [0.15, 0.2) is 59.5 Å². The highest BCUT2D eigenvalue weighted by Crippen LogP contribution is 2.24. The van der Waals surface area contributed by atoms with Crippen molar-refractivity contribution in [3.8, 4) is 5.75 Å². The molecule has 0 saturated heterocycles. The van der Waals surface area contributed by atoms with E-state index in [9.17, 15) is 13.2 Å². The van der Waals surface area contributed by atoms with Crippen LogP contribution in [0.1, 0.15) is 39.0 Å². The maximum atomic E-state index is 12.8. The van der Waals surface area contributed by atoms with Gasteiger partial charge in [-0.1, -0.05) is 37.5 Å². The summed E-state index contributed by atoms with van der Waals surface area (Å²) in [5, 5.41) is 3.04. The van der Waals surface area contributed by atoms with Gasteiger partial charge in [-0.05, 0) is 56.2 Å². The lowest BCUT2D eigenvalue weighted by Crippen LogP contribution is -2.43. The van der Waals surface area contributed by atoms with Gasteiger partial charge in [0.2, 0.25) is 0 Å². The molecule has 29 heavy (non-hydrogen) atoms. The zero-order chi connectivity index (χ0) is 20.9. The maximum Gasteiger partial charge on any atom is 0.264 e. The molecule has 6 nitrogen and oxygen atoms in total. The van der Waals surface area contributed by atoms with Gasteiger partial charge >= 0.3 is 0 Å². The van der Waals surface area contributed by atoms with E-state index in [1.165, 1.54) is 29.9 Å². The van der Waals surface area contributed by atoms with Crippen LogP contribution < -0.4 is 14.4 Å². The summed E-state index contributed by atoms with van der Waals surface area (Å²) in [4.78, 5) is 12.5. The average molecular weight is 417 g/mol. The highest BCUT2D eigenvalue weighted by atomic mass is 32.2. The summed E-state index contributed by atoms with van der Waals surface area (Å²) in [6, 6.07) is 15.3. The van der Waals surface area contributed by atoms with Crippen molar-refractivity contribution in [2.45, 2.75) is 56.1 Å². The molecule has 2 aromatic rings. The van der Waals surface area contributed by atoms with Gasteiger partial charge in [0.15, 0.2) is 6.10 Å². The first kappa shape index (κ1) is 21.2. The Bertz CT molecular complexity index is 908. The number of anilines is 1. The van der Waals surface area contributed by atoms with Crippen LogP contribution in [0, 0.1) is 0 Å². The Morgan fingerprint density at radius 1 is 1.03 bits per heavy atom. The fourth-order valence-corrected chi connectivity index (χ4v) is 4.64. The Morgan fingerprint density at radius 2 is 1.66 bits per heavy atom. The molecule has 0 heterocycles. The lowest BCUT2D eigenvalue weighted by Gasteiger charge is -2.24. The summed E-state index contributed by atoms with van der Waals surface area (Å²) in [6.45, 7) is 1.70. The maximum absolute atomic E-state index is 12.8. The number of carbonyl (C=O) groups is 1. The average Bonchev–Trinajstić information content (AvgIpc) is 2.75. The highest BCUT2D eigenvalue weighted by molar-refractivity contribution is 7.92. The number of sulfonamides is 1. The first-order chi connectivity index (χ1) is 13.9. The normalized spacial score (nSPS) is 16.1. The number of ether oxygens (including phenoxy) is 1. The third kappa shape index (κ3) is 5.29. The molecule has 156 valence electrons. The summed E-state index contributed by atoms with van der Waals surface area (Å²) in [7, 11) is -2.15. The predicted octanol–water partition coefficient (Wildman–Crippen LogP) is 3.73. The van der Waals surface area contributed by atoms with Gasteiger partial charge in [0.05, 0.1) is 10.6 Å². The minimum absolute atomic E-state index is 0.141. The molecule has 0 aromatic heterocycles. The summed E-state index contributed by atoms with van der Waals surface area (Å²) >= 11 is 0. The van der Waals surface area contributed by atoms with Gasteiger partial charge in [-0.25, -0.2) is 8.42 Å². The van der Waals surface area contributed by atoms with Crippen LogP contribution in [-0.2, 0) is 14.8 Å². The van der Waals surface area contributed by atoms with Crippen LogP contribution >= 0.6 is 0 Å². The van der Waals surface area contributed by atoms with Crippen molar-refractivity contribution in [2.75, 3.05) is 11.4 Å². The third-order valence-electron chi connectivity index (χ3n) is 5.24. The van der Waals surface area contributed by atoms with Crippen molar-refractivity contribution in [3.63, 3.8) is 0 Å². The van der Waals surface area contributed by atoms with E-state index in [0.717, 1.165) is 25.7 Å². The Labute approximate surface area is 172 Å². The molecule has 1 aliphatic carbocycles. The van der Waals surface area contributed by atoms with E-state index >= 15 is 0 Å². The zero-order valence-corrected chi connectivity index (χ0v) is 17.7. The highest BCUT2D eigenvalue weighted by Gasteiger charge is 2.23. The van der Waals surface area contributed by atoms with Gasteiger partial charge in [0.25, 0.3) is 15.9 Å². The van der Waals surface area contributed by atoms with Crippen molar-refractivity contribution in [1.82, 2.24) is 5.32 Å². The summed E-state index contributed by atoms with van der Waals surface area (Å²) in [6.07, 6.45) is 4.90. The Kier molecular flexibility index (Phi) is 6.79. The van der Waals surface area contributed by atoms with E-state index in [4.69, 9.17) is 4.74 Å². The minimum atomic E-state index is -3.67. The molecular formula is C22H28N2O4S. The molecule has 0 aliphatic heterocycles. The van der Waals surface area contributed by atoms with Gasteiger partial charge in [-0.3, -0.25) is 9.10 Å². The molecule has 3 rings (SSSR count). The number of hydrogen-bond donors (Lipinski definition) is 1. The Morgan fingerprint density at radius 3 is 2.28 bits per heavy atom. The number of hydrogen-bond acceptors (Lipinski definition) is 4. The van der Waals surface area contributed by atoms with Crippen LogP contribution in [0.4, 0.5) is 5.69 Å². The number of amides is 1. The van der Waals surface area contributed by atoms with Crippen LogP contribution in [0.5, 0.6) is 5.75 Å². The predicted molar refractivity (Wildman–Crippen MR) is 114 cm³/mol. The monoisotopic (exact) mass is 416 g/mol. The van der Waals surface area contributed by atoms with Crippen molar-refractivity contribution < 1.29 is 17.9 Å². The number of benzene rings is 2. The lowest BCUT2D eigenvalue weighted by molar-refractivity contribution is -0.128. The zero-order valence-electron chi connectivity index (χ0n) is 16.9. The molecule has 1 unspecified atom stereocenters. The van der Waals surface area contributed by atoms with Crippen LogP contribution in [0.3, 0.4) is 0 Å². The number of para-hydroxylation sites is 1. The van der Waals surface area contributed by atoms with Gasteiger partial charge in [0.1, 0.15) is 5.75 Å². The first-order valence-corrected chi connectivity index (χ1v) is 11.4. The van der Waals surface area contributed by atoms with Crippen molar-refractivity contribution in [3.05, 3.63) is 54.6 Å². The van der Waals surface area contributed by atoms with Gasteiger partial charge < -0.3 is 10.1 Å². The Hall–Kier alpha value is -2.54. The van der Waals surface area contributed by atoms with Crippen LogP contribution in [0.25, 0.3) is 0 Å². The lowest BCUT2D eigenvalue weighted by atomic mass is 9.95. The van der Waals surface area contributed by atoms with Crippen molar-refractivity contribution in [1.29, 1.82) is 0 Å². The fraction of sp³-hybridized carbons (Fsp3) is 0.409. The molecule has 7 heteroatoms.